The molecule has 0 aromatic heterocycles. The molecule has 2 saturated heterocycles. The van der Waals surface area contributed by atoms with Gasteiger partial charge in [-0.25, -0.2) is 0 Å². The highest BCUT2D eigenvalue weighted by Crippen LogP contribution is 2.25. The van der Waals surface area contributed by atoms with Crippen molar-refractivity contribution >= 4 is 16.1 Å². The number of hydrogen-bond acceptors (Lipinski definition) is 4. The van der Waals surface area contributed by atoms with E-state index in [0.29, 0.717) is 13.1 Å². The summed E-state index contributed by atoms with van der Waals surface area (Å²) >= 11 is 0. The fourth-order valence-corrected chi connectivity index (χ4v) is 5.22. The SMILES string of the molecule is CC1CCCCN1S(=O)(=O)N(CC(N)=O)C1CCCNC1. The van der Waals surface area contributed by atoms with Crippen LogP contribution in [0, 0.1) is 0 Å². The molecule has 21 heavy (non-hydrogen) atoms. The molecule has 0 aromatic rings. The van der Waals surface area contributed by atoms with Gasteiger partial charge in [-0.2, -0.15) is 17.0 Å². The predicted octanol–water partition coefficient (Wildman–Crippen LogP) is -0.355. The number of hydrogen-bond donors (Lipinski definition) is 2. The van der Waals surface area contributed by atoms with Crippen molar-refractivity contribution in [3.8, 4) is 0 Å². The lowest BCUT2D eigenvalue weighted by Crippen LogP contribution is -2.57. The first-order valence-corrected chi connectivity index (χ1v) is 9.10. The van der Waals surface area contributed by atoms with Crippen molar-refractivity contribution in [3.05, 3.63) is 0 Å². The smallest absolute Gasteiger partial charge is 0.282 e. The predicted molar refractivity (Wildman–Crippen MR) is 80.7 cm³/mol. The largest absolute Gasteiger partial charge is 0.369 e. The van der Waals surface area contributed by atoms with Crippen molar-refractivity contribution in [3.63, 3.8) is 0 Å². The Hall–Kier alpha value is -0.700. The Bertz CT molecular complexity index is 462. The van der Waals surface area contributed by atoms with Crippen LogP contribution in [0.2, 0.25) is 0 Å². The molecule has 2 unspecified atom stereocenters. The molecule has 0 aliphatic carbocycles. The van der Waals surface area contributed by atoms with E-state index in [9.17, 15) is 13.2 Å². The third-order valence-corrected chi connectivity index (χ3v) is 6.48. The second kappa shape index (κ2) is 7.04. The van der Waals surface area contributed by atoms with E-state index in [2.05, 4.69) is 5.32 Å². The quantitative estimate of drug-likeness (QED) is 0.724. The summed E-state index contributed by atoms with van der Waals surface area (Å²) in [7, 11) is -3.64. The summed E-state index contributed by atoms with van der Waals surface area (Å²) in [6.07, 6.45) is 4.46. The van der Waals surface area contributed by atoms with E-state index in [1.54, 1.807) is 0 Å². The molecule has 2 atom stereocenters. The molecule has 2 heterocycles. The Morgan fingerprint density at radius 1 is 1.33 bits per heavy atom. The second-order valence-electron chi connectivity index (χ2n) is 5.98. The number of carbonyl (C=O) groups excluding carboxylic acids is 1. The van der Waals surface area contributed by atoms with Crippen LogP contribution in [0.3, 0.4) is 0 Å². The van der Waals surface area contributed by atoms with Gasteiger partial charge in [-0.05, 0) is 39.2 Å². The number of nitrogens with zero attached hydrogens (tertiary/aromatic N) is 2. The van der Waals surface area contributed by atoms with Crippen molar-refractivity contribution in [2.75, 3.05) is 26.2 Å². The molecule has 2 aliphatic heterocycles. The lowest BCUT2D eigenvalue weighted by molar-refractivity contribution is -0.118. The van der Waals surface area contributed by atoms with Gasteiger partial charge in [0, 0.05) is 25.2 Å². The topological polar surface area (TPSA) is 95.7 Å². The van der Waals surface area contributed by atoms with E-state index in [-0.39, 0.29) is 18.6 Å². The minimum absolute atomic E-state index is 0.0179. The van der Waals surface area contributed by atoms with Crippen LogP contribution in [0.5, 0.6) is 0 Å². The summed E-state index contributed by atoms with van der Waals surface area (Å²) in [6, 6.07) is -0.207. The maximum absolute atomic E-state index is 12.9. The molecule has 3 N–H and O–H groups in total. The van der Waals surface area contributed by atoms with Crippen LogP contribution >= 0.6 is 0 Å². The summed E-state index contributed by atoms with van der Waals surface area (Å²) in [6.45, 7) is 3.69. The molecule has 0 bridgehead atoms. The lowest BCUT2D eigenvalue weighted by atomic mass is 10.1. The number of carbonyl (C=O) groups is 1. The normalized spacial score (nSPS) is 28.7. The van der Waals surface area contributed by atoms with Gasteiger partial charge in [0.1, 0.15) is 0 Å². The molecule has 122 valence electrons. The van der Waals surface area contributed by atoms with Gasteiger partial charge < -0.3 is 11.1 Å². The standard InChI is InChI=1S/C13H26N4O3S/c1-11-5-2-3-8-16(11)21(19,20)17(10-13(14)18)12-6-4-7-15-9-12/h11-12,15H,2-10H2,1H3,(H2,14,18). The summed E-state index contributed by atoms with van der Waals surface area (Å²) in [5.41, 5.74) is 5.28. The Kier molecular flexibility index (Phi) is 5.59. The molecular weight excluding hydrogens is 292 g/mol. The maximum atomic E-state index is 12.9. The van der Waals surface area contributed by atoms with Crippen LogP contribution in [-0.4, -0.2) is 61.2 Å². The van der Waals surface area contributed by atoms with Gasteiger partial charge in [0.05, 0.1) is 6.54 Å². The van der Waals surface area contributed by atoms with Gasteiger partial charge in [0.25, 0.3) is 10.2 Å². The minimum atomic E-state index is -3.64. The Balaban J connectivity index is 2.22. The van der Waals surface area contributed by atoms with Gasteiger partial charge in [-0.3, -0.25) is 4.79 Å². The van der Waals surface area contributed by atoms with Gasteiger partial charge >= 0.3 is 0 Å². The highest BCUT2D eigenvalue weighted by Gasteiger charge is 2.39. The molecule has 0 saturated carbocycles. The number of primary amides is 1. The minimum Gasteiger partial charge on any atom is -0.369 e. The number of amides is 1. The molecule has 8 heteroatoms. The van der Waals surface area contributed by atoms with E-state index in [1.165, 1.54) is 8.61 Å². The van der Waals surface area contributed by atoms with Crippen molar-refractivity contribution in [2.24, 2.45) is 5.73 Å². The molecular formula is C13H26N4O3S. The van der Waals surface area contributed by atoms with Crippen molar-refractivity contribution in [1.29, 1.82) is 0 Å². The van der Waals surface area contributed by atoms with Gasteiger partial charge in [0.2, 0.25) is 5.91 Å². The Morgan fingerprint density at radius 2 is 2.10 bits per heavy atom. The number of nitrogens with two attached hydrogens (primary N) is 1. The van der Waals surface area contributed by atoms with E-state index < -0.39 is 16.1 Å². The van der Waals surface area contributed by atoms with E-state index in [4.69, 9.17) is 5.73 Å². The summed E-state index contributed by atoms with van der Waals surface area (Å²) in [4.78, 5) is 11.3. The number of nitrogens with one attached hydrogen (secondary N) is 1. The average molecular weight is 318 g/mol. The van der Waals surface area contributed by atoms with Gasteiger partial charge in [-0.1, -0.05) is 6.42 Å². The highest BCUT2D eigenvalue weighted by atomic mass is 32.2. The molecule has 0 spiro atoms. The maximum Gasteiger partial charge on any atom is 0.282 e. The fraction of sp³-hybridized carbons (Fsp3) is 0.923. The van der Waals surface area contributed by atoms with E-state index in [1.807, 2.05) is 6.92 Å². The lowest BCUT2D eigenvalue weighted by Gasteiger charge is -2.40. The first-order chi connectivity index (χ1) is 9.93. The van der Waals surface area contributed by atoms with Crippen LogP contribution in [0.15, 0.2) is 0 Å². The van der Waals surface area contributed by atoms with Crippen molar-refractivity contribution in [2.45, 2.75) is 51.1 Å². The molecule has 2 rings (SSSR count). The zero-order chi connectivity index (χ0) is 15.5. The zero-order valence-corrected chi connectivity index (χ0v) is 13.4. The molecule has 7 nitrogen and oxygen atoms in total. The number of rotatable bonds is 5. The van der Waals surface area contributed by atoms with Crippen LogP contribution in [0.1, 0.15) is 39.0 Å². The molecule has 0 radical (unpaired) electrons. The van der Waals surface area contributed by atoms with Crippen LogP contribution < -0.4 is 11.1 Å². The molecule has 2 aliphatic rings. The summed E-state index contributed by atoms with van der Waals surface area (Å²) in [5, 5.41) is 3.20. The van der Waals surface area contributed by atoms with Crippen LogP contribution in [0.4, 0.5) is 0 Å². The van der Waals surface area contributed by atoms with Crippen molar-refractivity contribution in [1.82, 2.24) is 13.9 Å². The Morgan fingerprint density at radius 3 is 2.67 bits per heavy atom. The Labute approximate surface area is 127 Å². The van der Waals surface area contributed by atoms with Crippen LogP contribution in [0.25, 0.3) is 0 Å². The molecule has 2 fully saturated rings. The molecule has 0 aromatic carbocycles. The number of piperidine rings is 2. The van der Waals surface area contributed by atoms with Gasteiger partial charge in [-0.15, -0.1) is 0 Å². The zero-order valence-electron chi connectivity index (χ0n) is 12.6. The van der Waals surface area contributed by atoms with Gasteiger partial charge in [0.15, 0.2) is 0 Å². The van der Waals surface area contributed by atoms with E-state index >= 15 is 0 Å². The highest BCUT2D eigenvalue weighted by molar-refractivity contribution is 7.86. The fourth-order valence-electron chi connectivity index (χ4n) is 3.18. The monoisotopic (exact) mass is 318 g/mol. The van der Waals surface area contributed by atoms with Crippen molar-refractivity contribution < 1.29 is 13.2 Å². The second-order valence-corrected chi connectivity index (χ2v) is 7.81. The van der Waals surface area contributed by atoms with E-state index in [0.717, 1.165) is 38.6 Å². The first-order valence-electron chi connectivity index (χ1n) is 7.70. The summed E-state index contributed by atoms with van der Waals surface area (Å²) in [5.74, 6) is -0.603. The average Bonchev–Trinajstić information content (AvgIpc) is 2.45. The third-order valence-electron chi connectivity index (χ3n) is 4.32. The first kappa shape index (κ1) is 16.7. The molecule has 1 amide bonds. The summed E-state index contributed by atoms with van der Waals surface area (Å²) < 4.78 is 28.7. The van der Waals surface area contributed by atoms with Crippen LogP contribution in [-0.2, 0) is 15.0 Å². The third kappa shape index (κ3) is 3.94.